The molecule has 0 aromatic rings. The van der Waals surface area contributed by atoms with E-state index in [1.54, 1.807) is 17.1 Å². The first-order valence-electron chi connectivity index (χ1n) is 8.81. The van der Waals surface area contributed by atoms with Crippen molar-refractivity contribution in [2.45, 2.75) is 57.7 Å². The lowest BCUT2D eigenvalue weighted by Crippen LogP contribution is -2.46. The minimum Gasteiger partial charge on any atom is -0.490 e. The van der Waals surface area contributed by atoms with E-state index in [2.05, 4.69) is 0 Å². The lowest BCUT2D eigenvalue weighted by atomic mass is 9.79. The molecule has 0 aromatic carbocycles. The third-order valence-corrected chi connectivity index (χ3v) is 4.79. The number of carbonyl (C=O) groups is 3. The number of hydrogen-bond acceptors (Lipinski definition) is 5. The van der Waals surface area contributed by atoms with Crippen molar-refractivity contribution in [1.29, 1.82) is 0 Å². The summed E-state index contributed by atoms with van der Waals surface area (Å²) in [5.41, 5.74) is -1.16. The van der Waals surface area contributed by atoms with Crippen LogP contribution >= 0.6 is 0 Å². The molecule has 2 fully saturated rings. The van der Waals surface area contributed by atoms with E-state index in [0.717, 1.165) is 6.42 Å². The van der Waals surface area contributed by atoms with E-state index >= 15 is 0 Å². The fraction of sp³-hybridized carbons (Fsp3) is 0.632. The first-order valence-corrected chi connectivity index (χ1v) is 8.81. The number of Topliss-reactive ketones (excluding diaryl/α,β-unsaturated/α-hetero) is 1. The molecule has 6 heteroatoms. The van der Waals surface area contributed by atoms with Crippen molar-refractivity contribution in [1.82, 2.24) is 4.90 Å². The molecule has 0 radical (unpaired) electrons. The van der Waals surface area contributed by atoms with Crippen LogP contribution in [0, 0.1) is 5.92 Å². The molecule has 0 bridgehead atoms. The van der Waals surface area contributed by atoms with Gasteiger partial charge in [-0.15, -0.1) is 0 Å². The summed E-state index contributed by atoms with van der Waals surface area (Å²) in [4.78, 5) is 38.5. The number of ketones is 2. The molecule has 2 atom stereocenters. The molecule has 25 heavy (non-hydrogen) atoms. The Morgan fingerprint density at radius 3 is 2.76 bits per heavy atom. The number of ether oxygens (including phenoxy) is 2. The monoisotopic (exact) mass is 347 g/mol. The summed E-state index contributed by atoms with van der Waals surface area (Å²) in [6.45, 7) is 6.58. The van der Waals surface area contributed by atoms with Gasteiger partial charge in [0.15, 0.2) is 11.6 Å². The van der Waals surface area contributed by atoms with Crippen molar-refractivity contribution >= 4 is 17.7 Å². The highest BCUT2D eigenvalue weighted by molar-refractivity contribution is 6.11. The molecule has 0 N–H and O–H groups in total. The predicted octanol–water partition coefficient (Wildman–Crippen LogP) is 2.77. The predicted molar refractivity (Wildman–Crippen MR) is 90.8 cm³/mol. The largest absolute Gasteiger partial charge is 0.490 e. The maximum absolute atomic E-state index is 12.5. The van der Waals surface area contributed by atoms with E-state index in [1.807, 2.05) is 20.8 Å². The van der Waals surface area contributed by atoms with Crippen molar-refractivity contribution in [3.8, 4) is 0 Å². The Kier molecular flexibility index (Phi) is 4.47. The minimum absolute atomic E-state index is 0.0856. The number of carbonyl (C=O) groups excluding carboxylic acids is 3. The molecule has 3 rings (SSSR count). The van der Waals surface area contributed by atoms with Crippen LogP contribution in [0.5, 0.6) is 0 Å². The molecule has 2 aliphatic heterocycles. The first-order chi connectivity index (χ1) is 11.7. The Morgan fingerprint density at radius 1 is 1.28 bits per heavy atom. The molecule has 2 saturated heterocycles. The second kappa shape index (κ2) is 6.32. The van der Waals surface area contributed by atoms with Gasteiger partial charge in [0.2, 0.25) is 0 Å². The van der Waals surface area contributed by atoms with E-state index in [9.17, 15) is 14.4 Å². The van der Waals surface area contributed by atoms with Gasteiger partial charge in [-0.25, -0.2) is 4.79 Å². The third kappa shape index (κ3) is 3.78. The van der Waals surface area contributed by atoms with Gasteiger partial charge in [0.1, 0.15) is 22.9 Å². The zero-order valence-corrected chi connectivity index (χ0v) is 15.0. The van der Waals surface area contributed by atoms with Gasteiger partial charge in [-0.05, 0) is 45.8 Å². The summed E-state index contributed by atoms with van der Waals surface area (Å²) in [6.07, 6.45) is 6.61. The Balaban J connectivity index is 1.71. The molecule has 1 aliphatic carbocycles. The molecular weight excluding hydrogens is 322 g/mol. The number of hydrogen-bond donors (Lipinski definition) is 0. The van der Waals surface area contributed by atoms with Gasteiger partial charge in [-0.2, -0.15) is 0 Å². The van der Waals surface area contributed by atoms with Crippen LogP contribution < -0.4 is 0 Å². The molecule has 2 unspecified atom stereocenters. The van der Waals surface area contributed by atoms with Gasteiger partial charge in [-0.3, -0.25) is 9.59 Å². The van der Waals surface area contributed by atoms with Gasteiger partial charge < -0.3 is 14.4 Å². The van der Waals surface area contributed by atoms with Crippen LogP contribution in [0.2, 0.25) is 0 Å². The summed E-state index contributed by atoms with van der Waals surface area (Å²) < 4.78 is 11.6. The summed E-state index contributed by atoms with van der Waals surface area (Å²) in [5, 5.41) is 0. The fourth-order valence-corrected chi connectivity index (χ4v) is 3.64. The number of likely N-dealkylation sites (tertiary alicyclic amines) is 1. The maximum atomic E-state index is 12.5. The van der Waals surface area contributed by atoms with Crippen LogP contribution in [0.4, 0.5) is 4.79 Å². The molecule has 0 aromatic heterocycles. The van der Waals surface area contributed by atoms with Crippen LogP contribution in [0.1, 0.15) is 46.5 Å². The average Bonchev–Trinajstić information content (AvgIpc) is 2.68. The van der Waals surface area contributed by atoms with Crippen LogP contribution in [-0.4, -0.2) is 46.9 Å². The van der Waals surface area contributed by atoms with E-state index in [-0.39, 0.29) is 24.1 Å². The Labute approximate surface area is 147 Å². The molecule has 3 aliphatic rings. The van der Waals surface area contributed by atoms with Crippen molar-refractivity contribution in [3.63, 3.8) is 0 Å². The van der Waals surface area contributed by atoms with Crippen molar-refractivity contribution in [2.75, 3.05) is 13.1 Å². The van der Waals surface area contributed by atoms with Crippen molar-refractivity contribution < 1.29 is 23.9 Å². The average molecular weight is 347 g/mol. The number of amides is 1. The second-order valence-electron chi connectivity index (χ2n) is 8.01. The van der Waals surface area contributed by atoms with E-state index in [0.29, 0.717) is 31.7 Å². The lowest BCUT2D eigenvalue weighted by Gasteiger charge is -2.41. The normalized spacial score (nSPS) is 29.6. The molecule has 0 saturated carbocycles. The Hall–Kier alpha value is -2.11. The first kappa shape index (κ1) is 17.7. The number of allylic oxidation sites excluding steroid dienone is 4. The maximum Gasteiger partial charge on any atom is 0.410 e. The van der Waals surface area contributed by atoms with Gasteiger partial charge >= 0.3 is 6.09 Å². The SMILES string of the molecule is CC(C)(C)OC(=O)N1CCCC2(CC1)CC(=O)C1C(=O)C=CC=C1O2. The Morgan fingerprint density at radius 2 is 2.04 bits per heavy atom. The molecule has 1 amide bonds. The van der Waals surface area contributed by atoms with E-state index < -0.39 is 17.1 Å². The topological polar surface area (TPSA) is 72.9 Å². The number of nitrogens with zero attached hydrogens (tertiary/aromatic N) is 1. The molecule has 2 heterocycles. The second-order valence-corrected chi connectivity index (χ2v) is 8.01. The highest BCUT2D eigenvalue weighted by atomic mass is 16.6. The van der Waals surface area contributed by atoms with Crippen LogP contribution in [0.3, 0.4) is 0 Å². The van der Waals surface area contributed by atoms with Crippen molar-refractivity contribution in [3.05, 3.63) is 24.0 Å². The van der Waals surface area contributed by atoms with Gasteiger partial charge in [0.25, 0.3) is 0 Å². The van der Waals surface area contributed by atoms with Gasteiger partial charge in [0.05, 0.1) is 0 Å². The molecule has 1 spiro atoms. The fourth-order valence-electron chi connectivity index (χ4n) is 3.64. The zero-order valence-electron chi connectivity index (χ0n) is 15.0. The zero-order chi connectivity index (χ0) is 18.2. The number of rotatable bonds is 0. The smallest absolute Gasteiger partial charge is 0.410 e. The van der Waals surface area contributed by atoms with Crippen LogP contribution in [0.25, 0.3) is 0 Å². The number of fused-ring (bicyclic) bond motifs is 1. The molecule has 136 valence electrons. The lowest BCUT2D eigenvalue weighted by molar-refractivity contribution is -0.144. The summed E-state index contributed by atoms with van der Waals surface area (Å²) in [7, 11) is 0. The minimum atomic E-state index is -0.777. The molecule has 6 nitrogen and oxygen atoms in total. The quantitative estimate of drug-likeness (QED) is 0.630. The summed E-state index contributed by atoms with van der Waals surface area (Å²) >= 11 is 0. The summed E-state index contributed by atoms with van der Waals surface area (Å²) in [6, 6.07) is 0. The van der Waals surface area contributed by atoms with Crippen molar-refractivity contribution in [2.24, 2.45) is 5.92 Å². The van der Waals surface area contributed by atoms with E-state index in [1.165, 1.54) is 6.08 Å². The summed E-state index contributed by atoms with van der Waals surface area (Å²) in [5.74, 6) is -0.616. The van der Waals surface area contributed by atoms with Crippen LogP contribution in [0.15, 0.2) is 24.0 Å². The van der Waals surface area contributed by atoms with E-state index in [4.69, 9.17) is 9.47 Å². The highest BCUT2D eigenvalue weighted by Gasteiger charge is 2.48. The van der Waals surface area contributed by atoms with Gasteiger partial charge in [-0.1, -0.05) is 6.08 Å². The Bertz CT molecular complexity index is 657. The molecular formula is C19H25NO5. The third-order valence-electron chi connectivity index (χ3n) is 4.79. The van der Waals surface area contributed by atoms with Gasteiger partial charge in [0, 0.05) is 25.9 Å². The van der Waals surface area contributed by atoms with Crippen LogP contribution in [-0.2, 0) is 19.1 Å². The standard InChI is InChI=1S/C19H25NO5/c1-18(2,3)25-17(23)20-10-5-8-19(9-11-20)12-14(22)16-13(21)6-4-7-15(16)24-19/h4,6-7,16H,5,8-12H2,1-3H3. The highest BCUT2D eigenvalue weighted by Crippen LogP contribution is 2.41.